The van der Waals surface area contributed by atoms with Crippen molar-refractivity contribution in [1.29, 1.82) is 0 Å². The summed E-state index contributed by atoms with van der Waals surface area (Å²) < 4.78 is 3.63. The van der Waals surface area contributed by atoms with E-state index < -0.39 is 23.2 Å². The Morgan fingerprint density at radius 1 is 1.10 bits per heavy atom. The molecular formula is C18H24Cl2Zr. The molecule has 21 heavy (non-hydrogen) atoms. The van der Waals surface area contributed by atoms with Crippen LogP contribution in [-0.4, -0.2) is 0 Å². The van der Waals surface area contributed by atoms with E-state index in [0.717, 1.165) is 5.92 Å². The molecule has 0 amide bonds. The summed E-state index contributed by atoms with van der Waals surface area (Å²) in [6.45, 7) is 7.32. The molecule has 3 rings (SSSR count). The van der Waals surface area contributed by atoms with Gasteiger partial charge in [-0.2, -0.15) is 0 Å². The zero-order valence-corrected chi connectivity index (χ0v) is 17.1. The zero-order chi connectivity index (χ0) is 13.5. The molecular weight excluding hydrogens is 378 g/mol. The van der Waals surface area contributed by atoms with Crippen LogP contribution in [0.1, 0.15) is 52.9 Å². The van der Waals surface area contributed by atoms with Gasteiger partial charge in [-0.05, 0) is 0 Å². The average molecular weight is 403 g/mol. The van der Waals surface area contributed by atoms with Gasteiger partial charge in [-0.25, -0.2) is 0 Å². The molecule has 1 atom stereocenters. The number of rotatable bonds is 2. The minimum absolute atomic E-state index is 0. The van der Waals surface area contributed by atoms with Gasteiger partial charge >= 0.3 is 129 Å². The third kappa shape index (κ3) is 4.24. The third-order valence-corrected chi connectivity index (χ3v) is 7.96. The topological polar surface area (TPSA) is 0 Å². The first-order valence-corrected chi connectivity index (χ1v) is 10.1. The van der Waals surface area contributed by atoms with Crippen molar-refractivity contribution in [2.24, 2.45) is 11.3 Å². The van der Waals surface area contributed by atoms with Gasteiger partial charge in [0.25, 0.3) is 0 Å². The van der Waals surface area contributed by atoms with Crippen LogP contribution in [0.5, 0.6) is 0 Å². The van der Waals surface area contributed by atoms with Crippen LogP contribution < -0.4 is 24.8 Å². The monoisotopic (exact) mass is 400 g/mol. The average Bonchev–Trinajstić information content (AvgIpc) is 2.94. The summed E-state index contributed by atoms with van der Waals surface area (Å²) in [5, 5.41) is 0. The van der Waals surface area contributed by atoms with Crippen LogP contribution in [0.4, 0.5) is 0 Å². The second-order valence-electron chi connectivity index (χ2n) is 7.11. The SMILES string of the molecule is CC(C)(C)C1[C]([Zr+2][C]2=CC=CC2)=CC2=C1CCCC2.[Cl-].[Cl-]. The van der Waals surface area contributed by atoms with E-state index >= 15 is 0 Å². The van der Waals surface area contributed by atoms with Gasteiger partial charge in [0, 0.05) is 0 Å². The van der Waals surface area contributed by atoms with Crippen LogP contribution in [-0.2, 0) is 23.2 Å². The Kier molecular flexibility index (Phi) is 7.23. The number of allylic oxidation sites excluding steroid dienone is 8. The van der Waals surface area contributed by atoms with Crippen molar-refractivity contribution in [3.8, 4) is 0 Å². The summed E-state index contributed by atoms with van der Waals surface area (Å²) in [5.74, 6) is 0.774. The Bertz CT molecular complexity index is 504. The molecule has 0 nitrogen and oxygen atoms in total. The quantitative estimate of drug-likeness (QED) is 0.576. The Morgan fingerprint density at radius 3 is 2.43 bits per heavy atom. The Balaban J connectivity index is 0.00000110. The van der Waals surface area contributed by atoms with Gasteiger partial charge in [-0.1, -0.05) is 0 Å². The van der Waals surface area contributed by atoms with E-state index in [0.29, 0.717) is 5.41 Å². The molecule has 0 bridgehead atoms. The number of halogens is 2. The molecule has 114 valence electrons. The zero-order valence-electron chi connectivity index (χ0n) is 13.2. The fourth-order valence-corrected chi connectivity index (χ4v) is 8.07. The van der Waals surface area contributed by atoms with Crippen molar-refractivity contribution < 1.29 is 48.0 Å². The maximum absolute atomic E-state index is 2.63. The van der Waals surface area contributed by atoms with Crippen LogP contribution in [0.2, 0.25) is 0 Å². The summed E-state index contributed by atoms with van der Waals surface area (Å²) in [4.78, 5) is 0. The molecule has 0 radical (unpaired) electrons. The number of hydrogen-bond donors (Lipinski definition) is 0. The van der Waals surface area contributed by atoms with Crippen molar-refractivity contribution >= 4 is 0 Å². The van der Waals surface area contributed by atoms with Crippen molar-refractivity contribution in [3.63, 3.8) is 0 Å². The predicted octanol–water partition coefficient (Wildman–Crippen LogP) is -0.649. The summed E-state index contributed by atoms with van der Waals surface area (Å²) in [6.07, 6.45) is 16.4. The van der Waals surface area contributed by atoms with E-state index in [9.17, 15) is 0 Å². The molecule has 0 saturated heterocycles. The molecule has 3 aliphatic rings. The molecule has 0 N–H and O–H groups in total. The summed E-state index contributed by atoms with van der Waals surface area (Å²) in [6, 6.07) is 0. The van der Waals surface area contributed by atoms with Crippen molar-refractivity contribution in [3.05, 3.63) is 42.0 Å². The minimum Gasteiger partial charge on any atom is -1.00 e. The smallest absolute Gasteiger partial charge is 1.00 e. The Labute approximate surface area is 153 Å². The van der Waals surface area contributed by atoms with Gasteiger partial charge in [-0.3, -0.25) is 0 Å². The molecule has 0 heterocycles. The van der Waals surface area contributed by atoms with E-state index in [-0.39, 0.29) is 24.8 Å². The Hall–Kier alpha value is 0.423. The second kappa shape index (κ2) is 7.80. The third-order valence-electron chi connectivity index (χ3n) is 4.49. The molecule has 3 aliphatic carbocycles. The normalized spacial score (nSPS) is 23.7. The fraction of sp³-hybridized carbons (Fsp3) is 0.556. The summed E-state index contributed by atoms with van der Waals surface area (Å²) in [7, 11) is 0. The van der Waals surface area contributed by atoms with Gasteiger partial charge in [0.2, 0.25) is 0 Å². The summed E-state index contributed by atoms with van der Waals surface area (Å²) in [5.41, 5.74) is 3.96. The van der Waals surface area contributed by atoms with Crippen LogP contribution in [0.3, 0.4) is 0 Å². The predicted molar refractivity (Wildman–Crippen MR) is 78.4 cm³/mol. The summed E-state index contributed by atoms with van der Waals surface area (Å²) >= 11 is -0.512. The molecule has 0 spiro atoms. The van der Waals surface area contributed by atoms with Crippen molar-refractivity contribution in [2.75, 3.05) is 0 Å². The maximum atomic E-state index is 2.63. The van der Waals surface area contributed by atoms with Crippen LogP contribution in [0, 0.1) is 11.3 Å². The molecule has 0 saturated carbocycles. The molecule has 0 fully saturated rings. The standard InChI is InChI=1S/C13H19.C5H5.2ClH.Zr/c1-13(2,3)12-9-8-10-6-4-5-7-11(10)12;1-2-4-5-3-1;;;/h8,12H,4-7H2,1-3H3;1-3H,4H2;2*1H;/q;;;;+2/p-2. The van der Waals surface area contributed by atoms with Crippen molar-refractivity contribution in [2.45, 2.75) is 52.9 Å². The van der Waals surface area contributed by atoms with E-state index in [4.69, 9.17) is 0 Å². The first-order chi connectivity index (χ1) is 9.05. The largest absolute Gasteiger partial charge is 1.00 e. The van der Waals surface area contributed by atoms with Gasteiger partial charge in [0.05, 0.1) is 0 Å². The fourth-order valence-electron chi connectivity index (χ4n) is 3.73. The molecule has 0 aliphatic heterocycles. The van der Waals surface area contributed by atoms with Crippen LogP contribution in [0.15, 0.2) is 42.0 Å². The van der Waals surface area contributed by atoms with Gasteiger partial charge in [-0.15, -0.1) is 0 Å². The molecule has 1 unspecified atom stereocenters. The maximum Gasteiger partial charge on any atom is -1.00 e. The Morgan fingerprint density at radius 2 is 1.81 bits per heavy atom. The number of hydrogen-bond acceptors (Lipinski definition) is 0. The van der Waals surface area contributed by atoms with Crippen LogP contribution in [0.25, 0.3) is 0 Å². The molecule has 0 aromatic carbocycles. The van der Waals surface area contributed by atoms with Crippen molar-refractivity contribution in [1.82, 2.24) is 0 Å². The van der Waals surface area contributed by atoms with E-state index in [1.165, 1.54) is 32.1 Å². The van der Waals surface area contributed by atoms with E-state index in [1.54, 1.807) is 8.85 Å². The van der Waals surface area contributed by atoms with E-state index in [2.05, 4.69) is 45.1 Å². The van der Waals surface area contributed by atoms with Crippen LogP contribution >= 0.6 is 0 Å². The second-order valence-corrected chi connectivity index (χ2v) is 10.7. The van der Waals surface area contributed by atoms with Gasteiger partial charge in [0.1, 0.15) is 0 Å². The van der Waals surface area contributed by atoms with Gasteiger partial charge < -0.3 is 24.8 Å². The first-order valence-electron chi connectivity index (χ1n) is 7.62. The minimum atomic E-state index is -0.512. The first kappa shape index (κ1) is 19.5. The van der Waals surface area contributed by atoms with E-state index in [1.807, 2.05) is 8.85 Å². The molecule has 0 aromatic rings. The molecule has 3 heteroatoms. The van der Waals surface area contributed by atoms with Gasteiger partial charge in [0.15, 0.2) is 0 Å². The molecule has 0 aromatic heterocycles.